The SMILES string of the molecule is CCCC(CCC)CCN[S+]=O. The van der Waals surface area contributed by atoms with Crippen molar-refractivity contribution in [1.82, 2.24) is 4.72 Å². The minimum atomic E-state index is 0.480. The largest absolute Gasteiger partial charge is 0.587 e. The molecule has 0 aromatic carbocycles. The molecule has 0 radical (unpaired) electrons. The second-order valence-electron chi connectivity index (χ2n) is 3.21. The molecule has 3 heteroatoms. The van der Waals surface area contributed by atoms with E-state index in [1.807, 2.05) is 0 Å². The molecule has 0 aromatic heterocycles. The fourth-order valence-corrected chi connectivity index (χ4v) is 1.76. The number of nitrogens with one attached hydrogen (secondary N) is 1. The van der Waals surface area contributed by atoms with E-state index in [0.29, 0.717) is 11.9 Å². The average Bonchev–Trinajstić information content (AvgIpc) is 2.06. The lowest BCUT2D eigenvalue weighted by molar-refractivity contribution is 0.412. The predicted molar refractivity (Wildman–Crippen MR) is 54.0 cm³/mol. The molecule has 0 aliphatic carbocycles. The highest BCUT2D eigenvalue weighted by molar-refractivity contribution is 7.63. The Bertz CT molecular complexity index is 103. The summed E-state index contributed by atoms with van der Waals surface area (Å²) in [5, 5.41) is 0. The average molecular weight is 190 g/mol. The van der Waals surface area contributed by atoms with E-state index in [2.05, 4.69) is 18.6 Å². The molecule has 0 bridgehead atoms. The van der Waals surface area contributed by atoms with E-state index in [-0.39, 0.29) is 0 Å². The Morgan fingerprint density at radius 3 is 2.17 bits per heavy atom. The molecule has 0 spiro atoms. The van der Waals surface area contributed by atoms with Crippen LogP contribution >= 0.6 is 0 Å². The molecule has 0 aliphatic rings. The van der Waals surface area contributed by atoms with E-state index in [1.165, 1.54) is 25.7 Å². The lowest BCUT2D eigenvalue weighted by atomic mass is 9.95. The van der Waals surface area contributed by atoms with Gasteiger partial charge in [0.2, 0.25) is 0 Å². The summed E-state index contributed by atoms with van der Waals surface area (Å²) in [6, 6.07) is 0. The fraction of sp³-hybridized carbons (Fsp3) is 1.00. The van der Waals surface area contributed by atoms with Crippen molar-refractivity contribution in [3.8, 4) is 0 Å². The van der Waals surface area contributed by atoms with Crippen molar-refractivity contribution in [2.24, 2.45) is 5.92 Å². The van der Waals surface area contributed by atoms with Crippen LogP contribution in [0.15, 0.2) is 0 Å². The Morgan fingerprint density at radius 1 is 1.17 bits per heavy atom. The first-order valence-corrected chi connectivity index (χ1v) is 5.60. The molecule has 0 fully saturated rings. The van der Waals surface area contributed by atoms with Crippen molar-refractivity contribution in [2.75, 3.05) is 6.54 Å². The van der Waals surface area contributed by atoms with Gasteiger partial charge in [-0.25, -0.2) is 0 Å². The van der Waals surface area contributed by atoms with Gasteiger partial charge in [-0.05, 0) is 17.1 Å². The summed E-state index contributed by atoms with van der Waals surface area (Å²) in [4.78, 5) is 0. The lowest BCUT2D eigenvalue weighted by Crippen LogP contribution is -2.13. The van der Waals surface area contributed by atoms with Crippen LogP contribution in [0.5, 0.6) is 0 Å². The van der Waals surface area contributed by atoms with Crippen molar-refractivity contribution in [1.29, 1.82) is 0 Å². The van der Waals surface area contributed by atoms with Crippen LogP contribution in [0.1, 0.15) is 46.0 Å². The normalized spacial score (nSPS) is 10.6. The molecule has 0 unspecified atom stereocenters. The van der Waals surface area contributed by atoms with Gasteiger partial charge in [0.15, 0.2) is 0 Å². The maximum absolute atomic E-state index is 10.0. The van der Waals surface area contributed by atoms with Crippen LogP contribution in [0, 0.1) is 5.92 Å². The summed E-state index contributed by atoms with van der Waals surface area (Å²) >= 11 is 0.480. The molecule has 72 valence electrons. The molecule has 1 N–H and O–H groups in total. The van der Waals surface area contributed by atoms with Gasteiger partial charge in [0.1, 0.15) is 0 Å². The van der Waals surface area contributed by atoms with Crippen LogP contribution in [-0.4, -0.2) is 6.54 Å². The van der Waals surface area contributed by atoms with E-state index in [0.717, 1.165) is 18.9 Å². The highest BCUT2D eigenvalue weighted by Gasteiger charge is 2.07. The van der Waals surface area contributed by atoms with Crippen LogP contribution in [-0.2, 0) is 16.1 Å². The van der Waals surface area contributed by atoms with Crippen LogP contribution in [0.4, 0.5) is 0 Å². The Labute approximate surface area is 79.8 Å². The first-order chi connectivity index (χ1) is 5.85. The topological polar surface area (TPSA) is 29.1 Å². The van der Waals surface area contributed by atoms with E-state index >= 15 is 0 Å². The van der Waals surface area contributed by atoms with Gasteiger partial charge in [-0.1, -0.05) is 39.5 Å². The fourth-order valence-electron chi connectivity index (χ4n) is 1.55. The third-order valence-corrected chi connectivity index (χ3v) is 2.43. The van der Waals surface area contributed by atoms with Crippen molar-refractivity contribution in [2.45, 2.75) is 46.0 Å². The van der Waals surface area contributed by atoms with Crippen LogP contribution in [0.2, 0.25) is 0 Å². The van der Waals surface area contributed by atoms with Gasteiger partial charge in [0, 0.05) is 0 Å². The quantitative estimate of drug-likeness (QED) is 0.356. The number of hydrogen-bond acceptors (Lipinski definition) is 1. The monoisotopic (exact) mass is 190 g/mol. The maximum Gasteiger partial charge on any atom is 0.587 e. The first kappa shape index (κ1) is 12.0. The highest BCUT2D eigenvalue weighted by Crippen LogP contribution is 2.16. The molecule has 0 heterocycles. The lowest BCUT2D eigenvalue weighted by Gasteiger charge is -2.12. The molecular formula is C9H20NOS+. The first-order valence-electron chi connectivity index (χ1n) is 4.86. The van der Waals surface area contributed by atoms with Crippen molar-refractivity contribution in [3.05, 3.63) is 0 Å². The van der Waals surface area contributed by atoms with Crippen LogP contribution in [0.25, 0.3) is 0 Å². The molecule has 0 rings (SSSR count). The van der Waals surface area contributed by atoms with Crippen molar-refractivity contribution < 1.29 is 4.21 Å². The number of rotatable bonds is 8. The highest BCUT2D eigenvalue weighted by atomic mass is 32.2. The Hall–Kier alpha value is -0.0200. The second-order valence-corrected chi connectivity index (χ2v) is 3.67. The predicted octanol–water partition coefficient (Wildman–Crippen LogP) is 2.53. The Kier molecular flexibility index (Phi) is 9.06. The van der Waals surface area contributed by atoms with Gasteiger partial charge < -0.3 is 0 Å². The number of hydrogen-bond donors (Lipinski definition) is 1. The summed E-state index contributed by atoms with van der Waals surface area (Å²) in [6.45, 7) is 5.30. The molecule has 0 saturated carbocycles. The third-order valence-electron chi connectivity index (χ3n) is 2.11. The zero-order valence-electron chi connectivity index (χ0n) is 8.14. The minimum absolute atomic E-state index is 0.480. The van der Waals surface area contributed by atoms with Gasteiger partial charge in [-0.15, -0.1) is 0 Å². The zero-order valence-corrected chi connectivity index (χ0v) is 8.95. The van der Waals surface area contributed by atoms with Gasteiger partial charge in [0.25, 0.3) is 0 Å². The van der Waals surface area contributed by atoms with E-state index in [4.69, 9.17) is 0 Å². The van der Waals surface area contributed by atoms with E-state index in [1.54, 1.807) is 0 Å². The molecule has 12 heavy (non-hydrogen) atoms. The summed E-state index contributed by atoms with van der Waals surface area (Å²) < 4.78 is 12.8. The standard InChI is InChI=1S/C9H20NOS/c1-3-5-9(6-4-2)7-8-10-12-11/h9H,3-8H2,1-2H3,(H,10,11)/q+1. The Balaban J connectivity index is 3.40. The molecule has 0 amide bonds. The summed E-state index contributed by atoms with van der Waals surface area (Å²) in [7, 11) is 0. The van der Waals surface area contributed by atoms with E-state index in [9.17, 15) is 4.21 Å². The summed E-state index contributed by atoms with van der Waals surface area (Å²) in [5.41, 5.74) is 0. The minimum Gasteiger partial charge on any atom is -0.0654 e. The van der Waals surface area contributed by atoms with Crippen LogP contribution in [0.3, 0.4) is 0 Å². The molecular weight excluding hydrogens is 170 g/mol. The van der Waals surface area contributed by atoms with Gasteiger partial charge >= 0.3 is 11.9 Å². The molecule has 0 aliphatic heterocycles. The second kappa shape index (κ2) is 9.07. The molecule has 0 aromatic rings. The molecule has 2 nitrogen and oxygen atoms in total. The molecule has 0 atom stereocenters. The summed E-state index contributed by atoms with van der Waals surface area (Å²) in [5.74, 6) is 0.819. The summed E-state index contributed by atoms with van der Waals surface area (Å²) in [6.07, 6.45) is 6.28. The third kappa shape index (κ3) is 6.68. The van der Waals surface area contributed by atoms with Gasteiger partial charge in [0.05, 0.1) is 10.8 Å². The van der Waals surface area contributed by atoms with E-state index < -0.39 is 0 Å². The smallest absolute Gasteiger partial charge is 0.0654 e. The van der Waals surface area contributed by atoms with Gasteiger partial charge in [-0.3, -0.25) is 0 Å². The van der Waals surface area contributed by atoms with Gasteiger partial charge in [-0.2, -0.15) is 0 Å². The zero-order chi connectivity index (χ0) is 9.23. The van der Waals surface area contributed by atoms with Crippen molar-refractivity contribution in [3.63, 3.8) is 0 Å². The maximum atomic E-state index is 10.0. The van der Waals surface area contributed by atoms with Crippen molar-refractivity contribution >= 4 is 11.9 Å². The Morgan fingerprint density at radius 2 is 1.75 bits per heavy atom. The van der Waals surface area contributed by atoms with Crippen LogP contribution < -0.4 is 4.72 Å². The molecule has 0 saturated heterocycles.